The smallest absolute Gasteiger partial charge is 0.244 e. The molecule has 0 spiro atoms. The van der Waals surface area contributed by atoms with Gasteiger partial charge < -0.3 is 19.4 Å². The topological polar surface area (TPSA) is 65.4 Å². The average Bonchev–Trinajstić information content (AvgIpc) is 3.22. The van der Waals surface area contributed by atoms with E-state index in [4.69, 9.17) is 9.47 Å². The van der Waals surface area contributed by atoms with Gasteiger partial charge in [0.2, 0.25) is 5.91 Å². The third-order valence-corrected chi connectivity index (χ3v) is 5.70. The van der Waals surface area contributed by atoms with Crippen LogP contribution in [0.5, 0.6) is 11.5 Å². The maximum atomic E-state index is 12.2. The number of imidazole rings is 1. The van der Waals surface area contributed by atoms with Crippen molar-refractivity contribution in [3.8, 4) is 11.5 Å². The van der Waals surface area contributed by atoms with E-state index in [2.05, 4.69) is 28.7 Å². The molecule has 1 fully saturated rings. The van der Waals surface area contributed by atoms with Gasteiger partial charge in [-0.05, 0) is 62.3 Å². The third-order valence-electron chi connectivity index (χ3n) is 5.70. The number of ether oxygens (including phenoxy) is 2. The summed E-state index contributed by atoms with van der Waals surface area (Å²) in [4.78, 5) is 16.6. The molecule has 0 aliphatic heterocycles. The molecule has 2 aromatic rings. The number of benzene rings is 1. The Morgan fingerprint density at radius 1 is 1.27 bits per heavy atom. The van der Waals surface area contributed by atoms with Crippen LogP contribution in [-0.4, -0.2) is 35.2 Å². The summed E-state index contributed by atoms with van der Waals surface area (Å²) in [5, 5.41) is 3.11. The molecule has 1 aromatic carbocycles. The number of methoxy groups -OCH3 is 1. The molecule has 0 atom stereocenters. The van der Waals surface area contributed by atoms with Crippen LogP contribution in [0.3, 0.4) is 0 Å². The highest BCUT2D eigenvalue weighted by atomic mass is 16.5. The fourth-order valence-corrected chi connectivity index (χ4v) is 3.84. The van der Waals surface area contributed by atoms with Crippen molar-refractivity contribution >= 4 is 12.0 Å². The number of rotatable bonds is 9. The third kappa shape index (κ3) is 6.12. The summed E-state index contributed by atoms with van der Waals surface area (Å²) in [6, 6.07) is 5.99. The highest BCUT2D eigenvalue weighted by molar-refractivity contribution is 5.92. The predicted molar refractivity (Wildman–Crippen MR) is 119 cm³/mol. The minimum absolute atomic E-state index is 0.0414. The molecule has 162 valence electrons. The molecule has 0 saturated heterocycles. The van der Waals surface area contributed by atoms with E-state index in [-0.39, 0.29) is 5.91 Å². The zero-order valence-electron chi connectivity index (χ0n) is 18.3. The molecule has 6 nitrogen and oxygen atoms in total. The van der Waals surface area contributed by atoms with Crippen molar-refractivity contribution in [2.75, 3.05) is 13.7 Å². The molecular weight excluding hydrogens is 378 g/mol. The second-order valence-electron chi connectivity index (χ2n) is 7.94. The Hall–Kier alpha value is -2.76. The number of amides is 1. The van der Waals surface area contributed by atoms with Gasteiger partial charge in [-0.25, -0.2) is 4.98 Å². The van der Waals surface area contributed by atoms with Crippen LogP contribution < -0.4 is 14.8 Å². The number of carbonyl (C=O) groups excluding carboxylic acids is 1. The van der Waals surface area contributed by atoms with Crippen LogP contribution in [0.25, 0.3) is 6.08 Å². The molecule has 1 N–H and O–H groups in total. The van der Waals surface area contributed by atoms with E-state index in [1.54, 1.807) is 13.2 Å². The molecule has 0 radical (unpaired) electrons. The van der Waals surface area contributed by atoms with Crippen LogP contribution in [-0.2, 0) is 17.8 Å². The standard InChI is InChI=1S/C24H33N3O3/c1-4-27-15-14-25-23(27)13-16-30-21-11-7-19(17-22(21)29-3)8-12-24(28)26-20-9-5-18(2)6-10-20/h7-8,11-12,14-15,17-18,20H,4-6,9-10,13,16H2,1-3H3,(H,26,28). The lowest BCUT2D eigenvalue weighted by Gasteiger charge is -2.26. The molecule has 0 unspecified atom stereocenters. The fourth-order valence-electron chi connectivity index (χ4n) is 3.84. The Labute approximate surface area is 179 Å². The summed E-state index contributed by atoms with van der Waals surface area (Å²) in [5.74, 6) is 3.08. The predicted octanol–water partition coefficient (Wildman–Crippen LogP) is 4.24. The zero-order valence-corrected chi connectivity index (χ0v) is 18.3. The van der Waals surface area contributed by atoms with Gasteiger partial charge in [0.1, 0.15) is 5.82 Å². The zero-order chi connectivity index (χ0) is 21.3. The van der Waals surface area contributed by atoms with Gasteiger partial charge in [-0.15, -0.1) is 0 Å². The van der Waals surface area contributed by atoms with Crippen molar-refractivity contribution in [2.24, 2.45) is 5.92 Å². The van der Waals surface area contributed by atoms with Crippen LogP contribution in [0.4, 0.5) is 0 Å². The van der Waals surface area contributed by atoms with Gasteiger partial charge in [0.25, 0.3) is 0 Å². The van der Waals surface area contributed by atoms with Gasteiger partial charge in [0.05, 0.1) is 13.7 Å². The van der Waals surface area contributed by atoms with Crippen LogP contribution in [0.2, 0.25) is 0 Å². The monoisotopic (exact) mass is 411 g/mol. The number of nitrogens with zero attached hydrogens (tertiary/aromatic N) is 2. The first-order chi connectivity index (χ1) is 14.6. The largest absolute Gasteiger partial charge is 0.493 e. The highest BCUT2D eigenvalue weighted by Crippen LogP contribution is 2.29. The van der Waals surface area contributed by atoms with Crippen molar-refractivity contribution in [2.45, 2.75) is 58.5 Å². The van der Waals surface area contributed by atoms with E-state index in [0.717, 1.165) is 43.1 Å². The molecule has 1 aromatic heterocycles. The molecule has 6 heteroatoms. The molecule has 1 amide bonds. The SMILES string of the molecule is CCn1ccnc1CCOc1ccc(C=CC(=O)NC2CCC(C)CC2)cc1OC. The Bertz CT molecular complexity index is 851. The van der Waals surface area contributed by atoms with Gasteiger partial charge in [-0.3, -0.25) is 4.79 Å². The highest BCUT2D eigenvalue weighted by Gasteiger charge is 2.18. The second-order valence-corrected chi connectivity index (χ2v) is 7.94. The van der Waals surface area contributed by atoms with Gasteiger partial charge >= 0.3 is 0 Å². The second kappa shape index (κ2) is 10.9. The number of hydrogen-bond acceptors (Lipinski definition) is 4. The van der Waals surface area contributed by atoms with E-state index in [1.165, 1.54) is 12.8 Å². The van der Waals surface area contributed by atoms with E-state index in [0.29, 0.717) is 24.1 Å². The quantitative estimate of drug-likeness (QED) is 0.627. The van der Waals surface area contributed by atoms with Gasteiger partial charge in [-0.1, -0.05) is 13.0 Å². The van der Waals surface area contributed by atoms with E-state index in [9.17, 15) is 4.79 Å². The average molecular weight is 412 g/mol. The number of carbonyl (C=O) groups is 1. The maximum absolute atomic E-state index is 12.2. The van der Waals surface area contributed by atoms with E-state index >= 15 is 0 Å². The Balaban J connectivity index is 1.52. The number of aryl methyl sites for hydroxylation is 1. The van der Waals surface area contributed by atoms with Crippen molar-refractivity contribution in [1.29, 1.82) is 0 Å². The summed E-state index contributed by atoms with van der Waals surface area (Å²) in [7, 11) is 1.62. The lowest BCUT2D eigenvalue weighted by atomic mass is 9.87. The van der Waals surface area contributed by atoms with Gasteiger partial charge in [0.15, 0.2) is 11.5 Å². The lowest BCUT2D eigenvalue weighted by molar-refractivity contribution is -0.117. The molecular formula is C24H33N3O3. The van der Waals surface area contributed by atoms with Gasteiger partial charge in [-0.2, -0.15) is 0 Å². The van der Waals surface area contributed by atoms with Crippen LogP contribution in [0.1, 0.15) is 50.9 Å². The Morgan fingerprint density at radius 2 is 2.07 bits per heavy atom. The summed E-state index contributed by atoms with van der Waals surface area (Å²) in [5.41, 5.74) is 0.896. The normalized spacial score (nSPS) is 19.0. The van der Waals surface area contributed by atoms with E-state index < -0.39 is 0 Å². The Kier molecular flexibility index (Phi) is 7.94. The Morgan fingerprint density at radius 3 is 2.80 bits per heavy atom. The van der Waals surface area contributed by atoms with Crippen LogP contribution >= 0.6 is 0 Å². The first kappa shape index (κ1) is 21.9. The summed E-state index contributed by atoms with van der Waals surface area (Å²) >= 11 is 0. The van der Waals surface area contributed by atoms with E-state index in [1.807, 2.05) is 36.7 Å². The molecule has 1 heterocycles. The summed E-state index contributed by atoms with van der Waals surface area (Å²) in [6.07, 6.45) is 12.4. The number of nitrogens with one attached hydrogen (secondary N) is 1. The fraction of sp³-hybridized carbons (Fsp3) is 0.500. The van der Waals surface area contributed by atoms with Crippen molar-refractivity contribution in [3.05, 3.63) is 48.1 Å². The minimum atomic E-state index is -0.0414. The lowest BCUT2D eigenvalue weighted by Crippen LogP contribution is -2.36. The molecule has 1 aliphatic rings. The molecule has 1 aliphatic carbocycles. The van der Waals surface area contributed by atoms with Crippen molar-refractivity contribution in [1.82, 2.24) is 14.9 Å². The number of hydrogen-bond donors (Lipinski definition) is 1. The summed E-state index contributed by atoms with van der Waals surface area (Å²) < 4.78 is 13.5. The van der Waals surface area contributed by atoms with Crippen LogP contribution in [0, 0.1) is 5.92 Å². The van der Waals surface area contributed by atoms with Crippen molar-refractivity contribution in [3.63, 3.8) is 0 Å². The summed E-state index contributed by atoms with van der Waals surface area (Å²) in [6.45, 7) is 5.79. The minimum Gasteiger partial charge on any atom is -0.493 e. The first-order valence-electron chi connectivity index (χ1n) is 10.9. The van der Waals surface area contributed by atoms with Gasteiger partial charge in [0, 0.05) is 37.5 Å². The first-order valence-corrected chi connectivity index (χ1v) is 10.9. The maximum Gasteiger partial charge on any atom is 0.244 e. The van der Waals surface area contributed by atoms with Crippen molar-refractivity contribution < 1.29 is 14.3 Å². The van der Waals surface area contributed by atoms with Crippen LogP contribution in [0.15, 0.2) is 36.7 Å². The molecule has 1 saturated carbocycles. The molecule has 3 rings (SSSR count). The number of aromatic nitrogens is 2. The molecule has 0 bridgehead atoms. The molecule has 30 heavy (non-hydrogen) atoms.